The van der Waals surface area contributed by atoms with Crippen LogP contribution in [0, 0.1) is 0 Å². The Balaban J connectivity index is 0.000000416. The van der Waals surface area contributed by atoms with Crippen molar-refractivity contribution in [2.45, 2.75) is 19.8 Å². The lowest BCUT2D eigenvalue weighted by Crippen LogP contribution is -2.19. The third kappa shape index (κ3) is 12.1. The molecule has 2 aromatic rings. The van der Waals surface area contributed by atoms with E-state index in [0.29, 0.717) is 5.56 Å². The number of nitrogens with zero attached hydrogens (tertiary/aromatic N) is 1. The number of hydrazone groups is 1. The van der Waals surface area contributed by atoms with Crippen molar-refractivity contribution < 1.29 is 14.3 Å². The van der Waals surface area contributed by atoms with Crippen molar-refractivity contribution in [2.24, 2.45) is 5.10 Å². The molecule has 36 heavy (non-hydrogen) atoms. The highest BCUT2D eigenvalue weighted by Crippen LogP contribution is 2.32. The molecule has 5 heteroatoms. The Morgan fingerprint density at radius 1 is 0.861 bits per heavy atom. The van der Waals surface area contributed by atoms with Gasteiger partial charge in [0.1, 0.15) is 0 Å². The minimum atomic E-state index is -0.201. The van der Waals surface area contributed by atoms with E-state index in [2.05, 4.69) is 88.4 Å². The topological polar surface area (TPSA) is 59.9 Å². The molecule has 5 nitrogen and oxygen atoms in total. The summed E-state index contributed by atoms with van der Waals surface area (Å²) in [5.41, 5.74) is 26.8. The van der Waals surface area contributed by atoms with Gasteiger partial charge in [-0.1, -0.05) is 47.2 Å². The van der Waals surface area contributed by atoms with Gasteiger partial charge in [0, 0.05) is 11.3 Å². The number of ether oxygens (including phenoxy) is 2. The fraction of sp³-hybridized carbons (Fsp3) is 0.129. The fourth-order valence-electron chi connectivity index (χ4n) is 2.46. The molecule has 1 aliphatic rings. The van der Waals surface area contributed by atoms with Crippen LogP contribution >= 0.6 is 0 Å². The number of rotatable bonds is 5. The molecule has 0 spiro atoms. The van der Waals surface area contributed by atoms with Crippen molar-refractivity contribution in [1.29, 1.82) is 0 Å². The summed E-state index contributed by atoms with van der Waals surface area (Å²) in [7, 11) is 0. The first kappa shape index (κ1) is 28.7. The summed E-state index contributed by atoms with van der Waals surface area (Å²) in [6.45, 7) is 15.1. The Labute approximate surface area is 212 Å². The summed E-state index contributed by atoms with van der Waals surface area (Å²) in [6.07, 6.45) is 1.59. The number of hydrogen-bond donors (Lipinski definition) is 1. The highest BCUT2D eigenvalue weighted by molar-refractivity contribution is 5.95. The van der Waals surface area contributed by atoms with Gasteiger partial charge in [-0.2, -0.15) is 5.10 Å². The maximum Gasteiger partial charge on any atom is 0.271 e. The summed E-state index contributed by atoms with van der Waals surface area (Å²) in [5.74, 6) is 1.37. The molecular formula is C31H26N2O3. The second kappa shape index (κ2) is 18.1. The fourth-order valence-corrected chi connectivity index (χ4v) is 2.46. The van der Waals surface area contributed by atoms with Crippen LogP contribution in [0.25, 0.3) is 0 Å². The number of aryl methyl sites for hydroxylation is 1. The summed E-state index contributed by atoms with van der Waals surface area (Å²) in [6, 6.07) is 15.0. The Bertz CT molecular complexity index is 1360. The molecule has 3 rings (SSSR count). The Morgan fingerprint density at radius 3 is 2.08 bits per heavy atom. The van der Waals surface area contributed by atoms with Crippen LogP contribution in [-0.2, 0) is 6.42 Å². The summed E-state index contributed by atoms with van der Waals surface area (Å²) in [5, 5.41) is 4.15. The van der Waals surface area contributed by atoms with Crippen molar-refractivity contribution in [3.63, 3.8) is 0 Å². The van der Waals surface area contributed by atoms with Crippen LogP contribution in [0.2, 0.25) is 0 Å². The second-order valence-electron chi connectivity index (χ2n) is 6.67. The molecule has 0 radical (unpaired) electrons. The molecule has 0 aromatic heterocycles. The third-order valence-corrected chi connectivity index (χ3v) is 4.15. The van der Waals surface area contributed by atoms with Crippen LogP contribution in [0.5, 0.6) is 11.5 Å². The van der Waals surface area contributed by atoms with Gasteiger partial charge in [0.05, 0.1) is 0 Å². The average molecular weight is 475 g/mol. The largest absolute Gasteiger partial charge is 0.454 e. The van der Waals surface area contributed by atoms with E-state index in [0.717, 1.165) is 35.6 Å². The predicted octanol–water partition coefficient (Wildman–Crippen LogP) is 6.15. The highest BCUT2D eigenvalue weighted by Gasteiger charge is 2.13. The number of fused-ring (bicyclic) bond motifs is 1. The van der Waals surface area contributed by atoms with E-state index in [1.165, 1.54) is 0 Å². The molecule has 0 saturated carbocycles. The van der Waals surface area contributed by atoms with Crippen LogP contribution in [0.4, 0.5) is 0 Å². The molecule has 1 amide bonds. The van der Waals surface area contributed by atoms with E-state index in [4.69, 9.17) is 9.47 Å². The third-order valence-electron chi connectivity index (χ3n) is 4.15. The average Bonchev–Trinajstić information content (AvgIpc) is 3.39. The molecule has 0 aliphatic carbocycles. The van der Waals surface area contributed by atoms with Gasteiger partial charge in [-0.3, -0.25) is 4.79 Å². The van der Waals surface area contributed by atoms with Gasteiger partial charge in [0.15, 0.2) is 11.5 Å². The Morgan fingerprint density at radius 2 is 1.47 bits per heavy atom. The molecule has 1 aliphatic heterocycles. The molecule has 178 valence electrons. The van der Waals surface area contributed by atoms with Crippen LogP contribution < -0.4 is 14.9 Å². The van der Waals surface area contributed by atoms with Crippen molar-refractivity contribution in [1.82, 2.24) is 5.43 Å². The molecule has 0 bridgehead atoms. The minimum Gasteiger partial charge on any atom is -0.454 e. The van der Waals surface area contributed by atoms with Crippen LogP contribution in [0.15, 0.2) is 132 Å². The minimum absolute atomic E-state index is 0.201. The maximum absolute atomic E-state index is 11.9. The highest BCUT2D eigenvalue weighted by atomic mass is 16.7. The number of carbonyl (C=O) groups is 1. The van der Waals surface area contributed by atoms with Crippen molar-refractivity contribution in [3.8, 4) is 11.5 Å². The second-order valence-corrected chi connectivity index (χ2v) is 6.67. The van der Waals surface area contributed by atoms with E-state index in [-0.39, 0.29) is 12.7 Å². The summed E-state index contributed by atoms with van der Waals surface area (Å²) < 4.78 is 10.7. The van der Waals surface area contributed by atoms with Crippen LogP contribution in [0.1, 0.15) is 29.3 Å². The molecule has 0 atom stereocenters. The van der Waals surface area contributed by atoms with Gasteiger partial charge in [0.25, 0.3) is 5.91 Å². The molecule has 0 saturated heterocycles. The first-order valence-corrected chi connectivity index (χ1v) is 10.7. The molecule has 1 N–H and O–H groups in total. The first-order chi connectivity index (χ1) is 17.5. The van der Waals surface area contributed by atoms with Crippen LogP contribution in [-0.4, -0.2) is 18.4 Å². The van der Waals surface area contributed by atoms with Gasteiger partial charge in [-0.15, -0.1) is 0 Å². The Kier molecular flexibility index (Phi) is 14.5. The molecule has 2 aromatic carbocycles. The van der Waals surface area contributed by atoms with E-state index in [9.17, 15) is 4.79 Å². The van der Waals surface area contributed by atoms with Gasteiger partial charge in [-0.05, 0) is 105 Å². The SMILES string of the molecule is C/C(CCc1ccc2c(c1)OCO2)=N\NC(=O)c1ccccc1.C=C=C=C.C=C=C=C=C=C=C=C=C. The number of carbonyl (C=O) groups excluding carboxylic acids is 1. The predicted molar refractivity (Wildman–Crippen MR) is 142 cm³/mol. The smallest absolute Gasteiger partial charge is 0.271 e. The van der Waals surface area contributed by atoms with E-state index in [1.807, 2.05) is 43.3 Å². The van der Waals surface area contributed by atoms with Gasteiger partial charge >= 0.3 is 0 Å². The van der Waals surface area contributed by atoms with Crippen molar-refractivity contribution in [2.75, 3.05) is 6.79 Å². The zero-order valence-corrected chi connectivity index (χ0v) is 20.2. The van der Waals surface area contributed by atoms with Gasteiger partial charge < -0.3 is 9.47 Å². The molecule has 1 heterocycles. The lowest BCUT2D eigenvalue weighted by atomic mass is 10.1. The monoisotopic (exact) mass is 474 g/mol. The van der Waals surface area contributed by atoms with Crippen molar-refractivity contribution in [3.05, 3.63) is 138 Å². The zero-order chi connectivity index (χ0) is 26.4. The molecule has 0 fully saturated rings. The first-order valence-electron chi connectivity index (χ1n) is 10.7. The summed E-state index contributed by atoms with van der Waals surface area (Å²) in [4.78, 5) is 11.9. The standard InChI is InChI=1S/C18H18N2O3.C9H4.C4H4/c1-13(19-20-18(21)15-5-3-2-4-6-15)7-8-14-9-10-16-17(11-14)23-12-22-16;1-3-5-7-9-8-6-4-2;1-3-4-2/h2-6,9-11H,7-8,12H2,1H3,(H,20,21);1-2H2;1-2H2/b19-13+;;. The van der Waals surface area contributed by atoms with Gasteiger partial charge in [-0.25, -0.2) is 5.43 Å². The molecular weight excluding hydrogens is 448 g/mol. The quantitative estimate of drug-likeness (QED) is 0.321. The van der Waals surface area contributed by atoms with Crippen molar-refractivity contribution >= 4 is 11.6 Å². The lowest BCUT2D eigenvalue weighted by Gasteiger charge is -2.04. The van der Waals surface area contributed by atoms with Gasteiger partial charge in [0.2, 0.25) is 6.79 Å². The Hall–Kier alpha value is -5.32. The normalized spacial score (nSPS) is 9.53. The lowest BCUT2D eigenvalue weighted by molar-refractivity contribution is 0.0954. The van der Waals surface area contributed by atoms with Crippen LogP contribution in [0.3, 0.4) is 0 Å². The van der Waals surface area contributed by atoms with E-state index >= 15 is 0 Å². The van der Waals surface area contributed by atoms with E-state index in [1.54, 1.807) is 12.1 Å². The summed E-state index contributed by atoms with van der Waals surface area (Å²) >= 11 is 0. The maximum atomic E-state index is 11.9. The number of amides is 1. The zero-order valence-electron chi connectivity index (χ0n) is 20.2. The molecule has 0 unspecified atom stereocenters. The number of nitrogens with one attached hydrogen (secondary N) is 1. The van der Waals surface area contributed by atoms with E-state index < -0.39 is 0 Å². The number of hydrogen-bond acceptors (Lipinski definition) is 4. The number of benzene rings is 2.